The quantitative estimate of drug-likeness (QED) is 0.170. The molecule has 0 saturated carbocycles. The highest BCUT2D eigenvalue weighted by Crippen LogP contribution is 2.38. The summed E-state index contributed by atoms with van der Waals surface area (Å²) in [7, 11) is -3.17. The number of benzene rings is 3. The van der Waals surface area contributed by atoms with Crippen molar-refractivity contribution in [2.45, 2.75) is 71.4 Å². The van der Waals surface area contributed by atoms with Gasteiger partial charge in [0.15, 0.2) is 18.2 Å². The molecular formula is C40H48N4O7Si. The van der Waals surface area contributed by atoms with Crippen LogP contribution in [0, 0.1) is 0 Å². The molecule has 12 heteroatoms. The zero-order chi connectivity index (χ0) is 37.4. The van der Waals surface area contributed by atoms with Crippen LogP contribution < -0.4 is 25.7 Å². The van der Waals surface area contributed by atoms with E-state index in [1.807, 2.05) is 66.7 Å². The SMILES string of the molecule is CC(C)(C)OC(=O)NCC(CN(Cc1ccc2c(n1)NC(=O)CO2)C(=O)OCc1ccccc1)O[Si](c1ccccc1)(c1ccccc1)C(C)(C)C. The molecule has 0 spiro atoms. The molecule has 0 aliphatic carbocycles. The molecule has 2 heterocycles. The van der Waals surface area contributed by atoms with E-state index in [9.17, 15) is 14.4 Å². The summed E-state index contributed by atoms with van der Waals surface area (Å²) < 4.78 is 24.4. The number of nitrogens with one attached hydrogen (secondary N) is 2. The molecule has 0 radical (unpaired) electrons. The summed E-state index contributed by atoms with van der Waals surface area (Å²) in [6, 6.07) is 33.2. The molecule has 1 aromatic heterocycles. The van der Waals surface area contributed by atoms with Crippen molar-refractivity contribution in [3.05, 3.63) is 114 Å². The average Bonchev–Trinajstić information content (AvgIpc) is 3.11. The van der Waals surface area contributed by atoms with E-state index in [-0.39, 0.29) is 44.6 Å². The first kappa shape index (κ1) is 38.0. The Bertz CT molecular complexity index is 1770. The molecule has 0 fully saturated rings. The van der Waals surface area contributed by atoms with Crippen LogP contribution in [0.4, 0.5) is 15.4 Å². The van der Waals surface area contributed by atoms with Crippen molar-refractivity contribution in [3.8, 4) is 5.75 Å². The topological polar surface area (TPSA) is 128 Å². The lowest BCUT2D eigenvalue weighted by molar-refractivity contribution is -0.118. The lowest BCUT2D eigenvalue weighted by Gasteiger charge is -2.45. The van der Waals surface area contributed by atoms with Crippen molar-refractivity contribution in [1.29, 1.82) is 0 Å². The third-order valence-electron chi connectivity index (χ3n) is 8.41. The van der Waals surface area contributed by atoms with Crippen LogP contribution in [-0.4, -0.2) is 67.7 Å². The molecule has 274 valence electrons. The third-order valence-corrected chi connectivity index (χ3v) is 13.5. The number of rotatable bonds is 12. The summed E-state index contributed by atoms with van der Waals surface area (Å²) in [5.41, 5.74) is 0.600. The maximum atomic E-state index is 14.1. The number of nitrogens with zero attached hydrogens (tertiary/aromatic N) is 2. The molecule has 52 heavy (non-hydrogen) atoms. The number of carbonyl (C=O) groups is 3. The van der Waals surface area contributed by atoms with Crippen LogP contribution in [0.15, 0.2) is 103 Å². The first-order valence-corrected chi connectivity index (χ1v) is 19.3. The molecule has 0 saturated heterocycles. The molecular weight excluding hydrogens is 677 g/mol. The molecule has 5 rings (SSSR count). The minimum Gasteiger partial charge on any atom is -0.480 e. The Morgan fingerprint density at radius 1 is 0.885 bits per heavy atom. The average molecular weight is 725 g/mol. The Morgan fingerprint density at radius 2 is 1.48 bits per heavy atom. The van der Waals surface area contributed by atoms with Gasteiger partial charge in [0.1, 0.15) is 12.2 Å². The number of fused-ring (bicyclic) bond motifs is 1. The standard InChI is InChI=1S/C40H48N4O7Si/c1-39(2,3)50-37(46)41-24-31(51-52(40(4,5)6,32-18-12-8-13-19-32)33-20-14-9-15-21-33)26-44(38(47)49-27-29-16-10-7-11-17-29)25-30-22-23-34-36(42-30)43-35(45)28-48-34/h7-23,31H,24-28H2,1-6H3,(H,41,46)(H,42,43,45). The van der Waals surface area contributed by atoms with Gasteiger partial charge in [-0.1, -0.05) is 112 Å². The van der Waals surface area contributed by atoms with Crippen LogP contribution in [0.1, 0.15) is 52.8 Å². The second kappa shape index (κ2) is 16.4. The van der Waals surface area contributed by atoms with Crippen molar-refractivity contribution in [3.63, 3.8) is 0 Å². The van der Waals surface area contributed by atoms with Gasteiger partial charge in [-0.2, -0.15) is 0 Å². The van der Waals surface area contributed by atoms with Gasteiger partial charge in [-0.25, -0.2) is 14.6 Å². The lowest BCUT2D eigenvalue weighted by Crippen LogP contribution is -2.69. The summed E-state index contributed by atoms with van der Waals surface area (Å²) >= 11 is 0. The van der Waals surface area contributed by atoms with Gasteiger partial charge in [0, 0.05) is 6.54 Å². The monoisotopic (exact) mass is 724 g/mol. The van der Waals surface area contributed by atoms with Crippen molar-refractivity contribution < 1.29 is 33.0 Å². The van der Waals surface area contributed by atoms with Crippen molar-refractivity contribution in [2.75, 3.05) is 25.0 Å². The van der Waals surface area contributed by atoms with Crippen LogP contribution in [0.25, 0.3) is 0 Å². The predicted octanol–water partition coefficient (Wildman–Crippen LogP) is 6.02. The highest BCUT2D eigenvalue weighted by atomic mass is 28.4. The largest absolute Gasteiger partial charge is 0.480 e. The molecule has 3 amide bonds. The van der Waals surface area contributed by atoms with Crippen LogP contribution in [0.3, 0.4) is 0 Å². The maximum absolute atomic E-state index is 14.1. The highest BCUT2D eigenvalue weighted by molar-refractivity contribution is 6.99. The number of aromatic nitrogens is 1. The van der Waals surface area contributed by atoms with Crippen LogP contribution in [-0.2, 0) is 31.8 Å². The van der Waals surface area contributed by atoms with Crippen molar-refractivity contribution >= 4 is 42.6 Å². The van der Waals surface area contributed by atoms with Gasteiger partial charge in [0.25, 0.3) is 14.2 Å². The fraction of sp³-hybridized carbons (Fsp3) is 0.350. The molecule has 1 aliphatic rings. The van der Waals surface area contributed by atoms with Gasteiger partial charge in [-0.3, -0.25) is 9.69 Å². The minimum atomic E-state index is -3.17. The van der Waals surface area contributed by atoms with Gasteiger partial charge in [-0.15, -0.1) is 0 Å². The Labute approximate surface area is 306 Å². The third kappa shape index (κ3) is 9.77. The van der Waals surface area contributed by atoms with E-state index in [0.29, 0.717) is 11.4 Å². The van der Waals surface area contributed by atoms with Gasteiger partial charge >= 0.3 is 12.2 Å². The van der Waals surface area contributed by atoms with E-state index in [0.717, 1.165) is 15.9 Å². The van der Waals surface area contributed by atoms with E-state index in [2.05, 4.69) is 60.7 Å². The number of amides is 3. The number of carbonyl (C=O) groups excluding carboxylic acids is 3. The predicted molar refractivity (Wildman–Crippen MR) is 202 cm³/mol. The van der Waals surface area contributed by atoms with Crippen molar-refractivity contribution in [2.24, 2.45) is 0 Å². The summed E-state index contributed by atoms with van der Waals surface area (Å²) in [5, 5.41) is 7.33. The lowest BCUT2D eigenvalue weighted by atomic mass is 10.2. The molecule has 1 aliphatic heterocycles. The number of hydrogen-bond acceptors (Lipinski definition) is 8. The molecule has 11 nitrogen and oxygen atoms in total. The fourth-order valence-electron chi connectivity index (χ4n) is 6.14. The van der Waals surface area contributed by atoms with Crippen LogP contribution in [0.2, 0.25) is 5.04 Å². The van der Waals surface area contributed by atoms with Crippen LogP contribution in [0.5, 0.6) is 5.75 Å². The molecule has 1 unspecified atom stereocenters. The van der Waals surface area contributed by atoms with E-state index < -0.39 is 37.2 Å². The Morgan fingerprint density at radius 3 is 2.06 bits per heavy atom. The smallest absolute Gasteiger partial charge is 0.410 e. The summed E-state index contributed by atoms with van der Waals surface area (Å²) in [6.45, 7) is 11.9. The highest BCUT2D eigenvalue weighted by Gasteiger charge is 2.51. The van der Waals surface area contributed by atoms with Gasteiger partial charge in [-0.05, 0) is 53.9 Å². The van der Waals surface area contributed by atoms with E-state index in [1.54, 1.807) is 32.9 Å². The number of anilines is 1. The van der Waals surface area contributed by atoms with Gasteiger partial charge < -0.3 is 29.3 Å². The zero-order valence-electron chi connectivity index (χ0n) is 30.7. The first-order valence-electron chi connectivity index (χ1n) is 17.4. The summed E-state index contributed by atoms with van der Waals surface area (Å²) in [6.07, 6.45) is -1.94. The Hall–Kier alpha value is -5.20. The van der Waals surface area contributed by atoms with Crippen LogP contribution >= 0.6 is 0 Å². The number of ether oxygens (including phenoxy) is 3. The Balaban J connectivity index is 1.54. The number of pyridine rings is 1. The second-order valence-corrected chi connectivity index (χ2v) is 18.9. The van der Waals surface area contributed by atoms with Crippen molar-refractivity contribution in [1.82, 2.24) is 15.2 Å². The minimum absolute atomic E-state index is 0.0177. The fourth-order valence-corrected chi connectivity index (χ4v) is 10.8. The van der Waals surface area contributed by atoms with Gasteiger partial charge in [0.05, 0.1) is 24.9 Å². The van der Waals surface area contributed by atoms with E-state index >= 15 is 0 Å². The molecule has 4 aromatic rings. The zero-order valence-corrected chi connectivity index (χ0v) is 31.7. The second-order valence-electron chi connectivity index (χ2n) is 14.7. The van der Waals surface area contributed by atoms with E-state index in [1.165, 1.54) is 4.90 Å². The van der Waals surface area contributed by atoms with E-state index in [4.69, 9.17) is 18.6 Å². The normalized spacial score (nSPS) is 13.5. The molecule has 0 bridgehead atoms. The first-order chi connectivity index (χ1) is 24.7. The number of alkyl carbamates (subject to hydrolysis) is 1. The number of hydrogen-bond donors (Lipinski definition) is 2. The van der Waals surface area contributed by atoms with Gasteiger partial charge in [0.2, 0.25) is 0 Å². The Kier molecular flexibility index (Phi) is 12.0. The summed E-state index contributed by atoms with van der Waals surface area (Å²) in [4.78, 5) is 45.3. The molecule has 1 atom stereocenters. The molecule has 2 N–H and O–H groups in total. The maximum Gasteiger partial charge on any atom is 0.410 e. The molecule has 3 aromatic carbocycles. The summed E-state index contributed by atoms with van der Waals surface area (Å²) in [5.74, 6) is 0.400.